The second kappa shape index (κ2) is 11.5. The van der Waals surface area contributed by atoms with Crippen molar-refractivity contribution in [3.05, 3.63) is 53.1 Å². The van der Waals surface area contributed by atoms with Crippen LogP contribution in [-0.2, 0) is 24.4 Å². The zero-order valence-electron chi connectivity index (χ0n) is 19.2. The predicted molar refractivity (Wildman–Crippen MR) is 127 cm³/mol. The summed E-state index contributed by atoms with van der Waals surface area (Å²) in [5.41, 5.74) is 1.51. The summed E-state index contributed by atoms with van der Waals surface area (Å²) in [5.74, 6) is -1.41. The number of rotatable bonds is 10. The molecule has 2 rings (SSSR count). The average molecular weight is 498 g/mol. The van der Waals surface area contributed by atoms with Crippen LogP contribution in [0.5, 0.6) is 0 Å². The molecule has 9 nitrogen and oxygen atoms in total. The molecule has 0 aliphatic carbocycles. The Morgan fingerprint density at radius 3 is 2.30 bits per heavy atom. The van der Waals surface area contributed by atoms with Gasteiger partial charge >= 0.3 is 5.97 Å². The molecule has 0 aliphatic rings. The maximum atomic E-state index is 12.4. The van der Waals surface area contributed by atoms with Gasteiger partial charge in [-0.1, -0.05) is 16.1 Å². The maximum absolute atomic E-state index is 12.4. The molecule has 180 valence electrons. The molecule has 0 heterocycles. The summed E-state index contributed by atoms with van der Waals surface area (Å²) in [6, 6.07) is 11.3. The molecule has 1 amide bonds. The van der Waals surface area contributed by atoms with Gasteiger partial charge in [-0.15, -0.1) is 0 Å². The first-order valence-electron chi connectivity index (χ1n) is 10.2. The molecule has 0 radical (unpaired) electrons. The SMILES string of the molecule is CCN(c1ccc(NC(=O)COC(=O)c2ccc(Cl)c(S(=O)(=O)N(C)OC)c2)cc1)C(C)C. The Bertz CT molecular complexity index is 1090. The molecule has 0 atom stereocenters. The summed E-state index contributed by atoms with van der Waals surface area (Å²) < 4.78 is 30.5. The minimum Gasteiger partial charge on any atom is -0.452 e. The molecule has 11 heteroatoms. The predicted octanol–water partition coefficient (Wildman–Crippen LogP) is 3.55. The second-order valence-electron chi connectivity index (χ2n) is 7.29. The van der Waals surface area contributed by atoms with Crippen LogP contribution in [-0.4, -0.2) is 58.1 Å². The van der Waals surface area contributed by atoms with Crippen LogP contribution in [0, 0.1) is 0 Å². The number of amides is 1. The number of hydroxylamine groups is 1. The summed E-state index contributed by atoms with van der Waals surface area (Å²) >= 11 is 5.98. The number of nitrogens with one attached hydrogen (secondary N) is 1. The molecule has 2 aromatic carbocycles. The van der Waals surface area contributed by atoms with Gasteiger partial charge in [0.15, 0.2) is 6.61 Å². The van der Waals surface area contributed by atoms with Gasteiger partial charge in [-0.25, -0.2) is 13.2 Å². The third-order valence-corrected chi connectivity index (χ3v) is 6.98. The molecule has 2 aromatic rings. The lowest BCUT2D eigenvalue weighted by Crippen LogP contribution is -2.30. The summed E-state index contributed by atoms with van der Waals surface area (Å²) in [7, 11) is -1.71. The quantitative estimate of drug-likeness (QED) is 0.395. The molecule has 33 heavy (non-hydrogen) atoms. The number of benzene rings is 2. The van der Waals surface area contributed by atoms with E-state index in [9.17, 15) is 18.0 Å². The molecule has 0 fully saturated rings. The van der Waals surface area contributed by atoms with Gasteiger partial charge in [0.1, 0.15) is 4.90 Å². The number of esters is 1. The number of halogens is 1. The highest BCUT2D eigenvalue weighted by molar-refractivity contribution is 7.89. The van der Waals surface area contributed by atoms with Crippen LogP contribution in [0.2, 0.25) is 5.02 Å². The number of nitrogens with zero attached hydrogens (tertiary/aromatic N) is 2. The number of sulfonamides is 1. The zero-order chi connectivity index (χ0) is 24.8. The van der Waals surface area contributed by atoms with Crippen molar-refractivity contribution in [3.63, 3.8) is 0 Å². The second-order valence-corrected chi connectivity index (χ2v) is 9.60. The molecule has 1 N–H and O–H groups in total. The zero-order valence-corrected chi connectivity index (χ0v) is 20.7. The van der Waals surface area contributed by atoms with Gasteiger partial charge in [-0.3, -0.25) is 9.63 Å². The van der Waals surface area contributed by atoms with Crippen molar-refractivity contribution < 1.29 is 27.6 Å². The fraction of sp³-hybridized carbons (Fsp3) is 0.364. The summed E-state index contributed by atoms with van der Waals surface area (Å²) in [6.45, 7) is 6.58. The van der Waals surface area contributed by atoms with E-state index in [1.807, 2.05) is 12.1 Å². The first-order chi connectivity index (χ1) is 15.5. The minimum absolute atomic E-state index is 0.0760. The number of carbonyl (C=O) groups excluding carboxylic acids is 2. The molecule has 0 saturated carbocycles. The Balaban J connectivity index is 2.02. The lowest BCUT2D eigenvalue weighted by molar-refractivity contribution is -0.119. The van der Waals surface area contributed by atoms with E-state index in [1.165, 1.54) is 26.3 Å². The number of anilines is 2. The molecule has 0 saturated heterocycles. The normalized spacial score (nSPS) is 11.5. The molecular weight excluding hydrogens is 470 g/mol. The van der Waals surface area contributed by atoms with Crippen molar-refractivity contribution in [2.45, 2.75) is 31.7 Å². The average Bonchev–Trinajstić information content (AvgIpc) is 2.78. The van der Waals surface area contributed by atoms with Gasteiger partial charge < -0.3 is 15.0 Å². The van der Waals surface area contributed by atoms with E-state index in [2.05, 4.69) is 31.0 Å². The van der Waals surface area contributed by atoms with E-state index in [-0.39, 0.29) is 15.5 Å². The van der Waals surface area contributed by atoms with Gasteiger partial charge in [-0.2, -0.15) is 0 Å². The number of ether oxygens (including phenoxy) is 1. The van der Waals surface area contributed by atoms with E-state index >= 15 is 0 Å². The topological polar surface area (TPSA) is 105 Å². The van der Waals surface area contributed by atoms with Crippen LogP contribution in [0.15, 0.2) is 47.4 Å². The Hall–Kier alpha value is -2.66. The highest BCUT2D eigenvalue weighted by Gasteiger charge is 2.25. The Morgan fingerprint density at radius 2 is 1.76 bits per heavy atom. The molecule has 0 aromatic heterocycles. The smallest absolute Gasteiger partial charge is 0.338 e. The monoisotopic (exact) mass is 497 g/mol. The van der Waals surface area contributed by atoms with Crippen molar-refractivity contribution in [2.24, 2.45) is 0 Å². The number of hydrogen-bond acceptors (Lipinski definition) is 7. The summed E-state index contributed by atoms with van der Waals surface area (Å²) in [5, 5.41) is 2.57. The largest absolute Gasteiger partial charge is 0.452 e. The van der Waals surface area contributed by atoms with Crippen LogP contribution in [0.4, 0.5) is 11.4 Å². The van der Waals surface area contributed by atoms with Crippen molar-refractivity contribution >= 4 is 44.9 Å². The van der Waals surface area contributed by atoms with Crippen LogP contribution in [0.25, 0.3) is 0 Å². The lowest BCUT2D eigenvalue weighted by Gasteiger charge is -2.27. The van der Waals surface area contributed by atoms with Crippen LogP contribution in [0.3, 0.4) is 0 Å². The van der Waals surface area contributed by atoms with Gasteiger partial charge in [0.05, 0.1) is 17.7 Å². The van der Waals surface area contributed by atoms with Crippen LogP contribution < -0.4 is 10.2 Å². The Labute approximate surface area is 199 Å². The van der Waals surface area contributed by atoms with Crippen LogP contribution in [0.1, 0.15) is 31.1 Å². The summed E-state index contributed by atoms with van der Waals surface area (Å²) in [4.78, 5) is 31.2. The van der Waals surface area contributed by atoms with E-state index in [0.717, 1.165) is 18.3 Å². The fourth-order valence-electron chi connectivity index (χ4n) is 3.06. The molecule has 0 aliphatic heterocycles. The number of carbonyl (C=O) groups is 2. The van der Waals surface area contributed by atoms with Gasteiger partial charge in [0.25, 0.3) is 15.9 Å². The lowest BCUT2D eigenvalue weighted by atomic mass is 10.2. The molecular formula is C22H28ClN3O6S. The third kappa shape index (κ3) is 6.67. The van der Waals surface area contributed by atoms with E-state index in [4.69, 9.17) is 21.2 Å². The van der Waals surface area contributed by atoms with E-state index in [0.29, 0.717) is 16.2 Å². The van der Waals surface area contributed by atoms with Crippen molar-refractivity contribution in [1.29, 1.82) is 0 Å². The third-order valence-electron chi connectivity index (χ3n) is 4.82. The van der Waals surface area contributed by atoms with Gasteiger partial charge in [-0.05, 0) is 63.2 Å². The van der Waals surface area contributed by atoms with Gasteiger partial charge in [0.2, 0.25) is 0 Å². The highest BCUT2D eigenvalue weighted by Crippen LogP contribution is 2.26. The Morgan fingerprint density at radius 1 is 1.12 bits per heavy atom. The maximum Gasteiger partial charge on any atom is 0.338 e. The summed E-state index contributed by atoms with van der Waals surface area (Å²) in [6.07, 6.45) is 0. The molecule has 0 unspecified atom stereocenters. The minimum atomic E-state index is -4.08. The Kier molecular flexibility index (Phi) is 9.24. The molecule has 0 bridgehead atoms. The van der Waals surface area contributed by atoms with Crippen LogP contribution >= 0.6 is 11.6 Å². The van der Waals surface area contributed by atoms with E-state index < -0.39 is 28.5 Å². The highest BCUT2D eigenvalue weighted by atomic mass is 35.5. The van der Waals surface area contributed by atoms with Crippen molar-refractivity contribution in [1.82, 2.24) is 4.47 Å². The fourth-order valence-corrected chi connectivity index (χ4v) is 4.53. The first-order valence-corrected chi connectivity index (χ1v) is 12.0. The first kappa shape index (κ1) is 26.6. The molecule has 0 spiro atoms. The van der Waals surface area contributed by atoms with Gasteiger partial charge in [0, 0.05) is 31.0 Å². The standard InChI is InChI=1S/C22H28ClN3O6S/c1-6-26(15(2)3)18-10-8-17(9-11-18)24-21(27)14-32-22(28)16-7-12-19(23)20(13-16)33(29,30)25(4)31-5/h7-13,15H,6,14H2,1-5H3,(H,24,27). The van der Waals surface area contributed by atoms with Crippen molar-refractivity contribution in [2.75, 3.05) is 37.5 Å². The van der Waals surface area contributed by atoms with E-state index in [1.54, 1.807) is 12.1 Å². The van der Waals surface area contributed by atoms with Crippen molar-refractivity contribution in [3.8, 4) is 0 Å². The number of hydrogen-bond donors (Lipinski definition) is 1.